The molecule has 356 valence electrons. The molecule has 2 aliphatic carbocycles. The van der Waals surface area contributed by atoms with Crippen LogP contribution in [0.15, 0.2) is 65.9 Å². The Kier molecular flexibility index (Phi) is 13.5. The Balaban J connectivity index is 1.10. The van der Waals surface area contributed by atoms with Gasteiger partial charge in [0.05, 0.1) is 0 Å². The van der Waals surface area contributed by atoms with E-state index in [2.05, 4.69) is 36.2 Å². The lowest BCUT2D eigenvalue weighted by atomic mass is 9.84. The number of H-pyrrole nitrogens is 2. The molecule has 0 bridgehead atoms. The van der Waals surface area contributed by atoms with Gasteiger partial charge < -0.3 is 52.5 Å². The van der Waals surface area contributed by atoms with E-state index in [1.54, 1.807) is 9.80 Å². The molecule has 1 spiro atoms. The lowest BCUT2D eigenvalue weighted by molar-refractivity contribution is -0.150. The van der Waals surface area contributed by atoms with Crippen molar-refractivity contribution in [2.75, 3.05) is 13.1 Å². The molecule has 10 N–H and O–H groups in total. The number of carbonyl (C=O) groups excluding carboxylic acids is 6. The second-order valence-corrected chi connectivity index (χ2v) is 19.5. The van der Waals surface area contributed by atoms with Crippen molar-refractivity contribution in [2.24, 2.45) is 22.4 Å². The number of benzene rings is 2. The predicted molar refractivity (Wildman–Crippen MR) is 254 cm³/mol. The fourth-order valence-corrected chi connectivity index (χ4v) is 11.8. The van der Waals surface area contributed by atoms with Gasteiger partial charge in [0.15, 0.2) is 5.96 Å². The van der Waals surface area contributed by atoms with E-state index in [1.807, 2.05) is 60.9 Å². The largest absolute Gasteiger partial charge is 0.370 e. The van der Waals surface area contributed by atoms with Crippen molar-refractivity contribution in [3.8, 4) is 0 Å². The highest BCUT2D eigenvalue weighted by Crippen LogP contribution is 2.41. The maximum atomic E-state index is 15.2. The van der Waals surface area contributed by atoms with Crippen molar-refractivity contribution < 1.29 is 28.8 Å². The third-order valence-corrected chi connectivity index (χ3v) is 15.2. The maximum Gasteiger partial charge on any atom is 0.246 e. The lowest BCUT2D eigenvalue weighted by Gasteiger charge is -2.38. The van der Waals surface area contributed by atoms with Gasteiger partial charge in [0.2, 0.25) is 35.4 Å². The number of rotatable bonds is 10. The lowest BCUT2D eigenvalue weighted by Crippen LogP contribution is -2.65. The van der Waals surface area contributed by atoms with Gasteiger partial charge in [-0.3, -0.25) is 33.8 Å². The fourth-order valence-electron chi connectivity index (χ4n) is 11.8. The molecular formula is C50H65N11O6. The Hall–Kier alpha value is -6.39. The molecule has 3 aliphatic heterocycles. The zero-order valence-corrected chi connectivity index (χ0v) is 38.2. The van der Waals surface area contributed by atoms with Crippen LogP contribution in [0.25, 0.3) is 21.8 Å². The Labute approximate surface area is 390 Å². The SMILES string of the molecule is NC(N)=NCCCCC[C@@H]1NC(=O)[C@H](Cc2c[nH]c3ccccc23)NC(=O)C2(CCCC2)NC(=O)[C@H](Cc2c[nH]c3ccccc23)NC(=O)[C@H]2C[C@H]3CCCC[C@H]3N2C(=O)[C@H]2CCCN2C1=O. The van der Waals surface area contributed by atoms with Gasteiger partial charge in [0.1, 0.15) is 35.7 Å². The van der Waals surface area contributed by atoms with Gasteiger partial charge in [-0.2, -0.15) is 0 Å². The molecule has 7 atom stereocenters. The van der Waals surface area contributed by atoms with Crippen molar-refractivity contribution in [1.29, 1.82) is 0 Å². The number of nitrogens with two attached hydrogens (primary N) is 2. The van der Waals surface area contributed by atoms with Crippen LogP contribution in [-0.2, 0) is 41.6 Å². The first-order chi connectivity index (χ1) is 32.5. The summed E-state index contributed by atoms with van der Waals surface area (Å²) in [6.07, 6.45) is 13.0. The minimum atomic E-state index is -1.39. The van der Waals surface area contributed by atoms with E-state index in [1.165, 1.54) is 0 Å². The monoisotopic (exact) mass is 916 g/mol. The second-order valence-electron chi connectivity index (χ2n) is 19.5. The first kappa shape index (κ1) is 45.8. The number of aromatic amines is 2. The van der Waals surface area contributed by atoms with Gasteiger partial charge in [-0.15, -0.1) is 0 Å². The number of para-hydroxylation sites is 2. The Morgan fingerprint density at radius 1 is 0.657 bits per heavy atom. The van der Waals surface area contributed by atoms with Crippen molar-refractivity contribution in [3.63, 3.8) is 0 Å². The number of hydrogen-bond donors (Lipinski definition) is 8. The van der Waals surface area contributed by atoms with Crippen LogP contribution in [0.2, 0.25) is 0 Å². The summed E-state index contributed by atoms with van der Waals surface area (Å²) in [5.41, 5.74) is 13.1. The zero-order chi connectivity index (χ0) is 46.7. The Morgan fingerprint density at radius 2 is 1.30 bits per heavy atom. The third-order valence-electron chi connectivity index (χ3n) is 15.2. The highest BCUT2D eigenvalue weighted by atomic mass is 16.2. The quantitative estimate of drug-likeness (QED) is 0.0664. The van der Waals surface area contributed by atoms with Crippen molar-refractivity contribution in [2.45, 2.75) is 151 Å². The molecule has 17 heteroatoms. The number of guanidine groups is 1. The van der Waals surface area contributed by atoms with Crippen molar-refractivity contribution >= 4 is 63.2 Å². The average molecular weight is 916 g/mol. The molecule has 2 saturated carbocycles. The fraction of sp³-hybridized carbons (Fsp3) is 0.540. The molecule has 0 unspecified atom stereocenters. The summed E-state index contributed by atoms with van der Waals surface area (Å²) in [5, 5.41) is 14.2. The normalized spacial score (nSPS) is 27.2. The van der Waals surface area contributed by atoms with Gasteiger partial charge in [-0.1, -0.05) is 74.9 Å². The second kappa shape index (κ2) is 19.8. The van der Waals surface area contributed by atoms with E-state index in [0.717, 1.165) is 58.6 Å². The molecule has 0 radical (unpaired) electrons. The Bertz CT molecular complexity index is 2520. The summed E-state index contributed by atoms with van der Waals surface area (Å²) < 4.78 is 0. The summed E-state index contributed by atoms with van der Waals surface area (Å²) in [7, 11) is 0. The van der Waals surface area contributed by atoms with Crippen LogP contribution < -0.4 is 32.7 Å². The van der Waals surface area contributed by atoms with Crippen LogP contribution in [0.4, 0.5) is 0 Å². The van der Waals surface area contributed by atoms with E-state index in [-0.39, 0.29) is 49.0 Å². The molecule has 67 heavy (non-hydrogen) atoms. The minimum absolute atomic E-state index is 0.000751. The van der Waals surface area contributed by atoms with E-state index in [4.69, 9.17) is 11.5 Å². The number of aromatic nitrogens is 2. The summed E-state index contributed by atoms with van der Waals surface area (Å²) in [5.74, 6) is -2.53. The highest BCUT2D eigenvalue weighted by molar-refractivity contribution is 6.00. The minimum Gasteiger partial charge on any atom is -0.370 e. The van der Waals surface area contributed by atoms with E-state index in [0.29, 0.717) is 77.3 Å². The van der Waals surface area contributed by atoms with Gasteiger partial charge in [-0.25, -0.2) is 0 Å². The molecule has 5 aliphatic rings. The van der Waals surface area contributed by atoms with Crippen LogP contribution in [0.1, 0.15) is 107 Å². The van der Waals surface area contributed by atoms with Gasteiger partial charge in [0.25, 0.3) is 0 Å². The maximum absolute atomic E-state index is 15.2. The molecule has 2 aromatic heterocycles. The number of carbonyl (C=O) groups is 6. The first-order valence-corrected chi connectivity index (χ1v) is 24.5. The first-order valence-electron chi connectivity index (χ1n) is 24.5. The molecule has 5 fully saturated rings. The van der Waals surface area contributed by atoms with Crippen molar-refractivity contribution in [3.05, 3.63) is 72.1 Å². The molecular weight excluding hydrogens is 851 g/mol. The van der Waals surface area contributed by atoms with Crippen LogP contribution in [-0.4, -0.2) is 116 Å². The molecule has 17 nitrogen and oxygen atoms in total. The van der Waals surface area contributed by atoms with E-state index >= 15 is 9.59 Å². The van der Waals surface area contributed by atoms with E-state index in [9.17, 15) is 19.2 Å². The third kappa shape index (κ3) is 9.59. The number of unbranched alkanes of at least 4 members (excludes halogenated alkanes) is 2. The number of hydrogen-bond acceptors (Lipinski definition) is 7. The van der Waals surface area contributed by atoms with Gasteiger partial charge in [0, 0.05) is 66.2 Å². The van der Waals surface area contributed by atoms with Crippen LogP contribution >= 0.6 is 0 Å². The van der Waals surface area contributed by atoms with Crippen LogP contribution in [0, 0.1) is 5.92 Å². The Morgan fingerprint density at radius 3 is 1.99 bits per heavy atom. The van der Waals surface area contributed by atoms with Crippen molar-refractivity contribution in [1.82, 2.24) is 41.0 Å². The molecule has 4 aromatic rings. The number of amides is 6. The molecule has 9 rings (SSSR count). The van der Waals surface area contributed by atoms with E-state index < -0.39 is 59.4 Å². The number of aliphatic imine (C=N–C) groups is 1. The van der Waals surface area contributed by atoms with Crippen LogP contribution in [0.3, 0.4) is 0 Å². The number of nitrogens with one attached hydrogen (secondary N) is 6. The molecule has 6 amide bonds. The average Bonchev–Trinajstić information content (AvgIpc) is 4.19. The summed E-state index contributed by atoms with van der Waals surface area (Å²) in [4.78, 5) is 104. The van der Waals surface area contributed by atoms with Gasteiger partial charge >= 0.3 is 0 Å². The number of nitrogens with zero attached hydrogens (tertiary/aromatic N) is 3. The summed E-state index contributed by atoms with van der Waals surface area (Å²) >= 11 is 0. The smallest absolute Gasteiger partial charge is 0.246 e. The zero-order valence-electron chi connectivity index (χ0n) is 38.2. The summed E-state index contributed by atoms with van der Waals surface area (Å²) in [6.45, 7) is 0.735. The molecule has 5 heterocycles. The topological polar surface area (TPSA) is 253 Å². The standard InChI is InChI=1S/C50H65N11O6/c51-49(52)53-23-11-1-2-18-37-46(65)60-24-12-20-41(60)47(66)61-40-19-8-3-13-30(40)27-42(61)45(64)57-39(26-32-29-55-36-17-7-5-15-34(32)36)44(63)59-50(21-9-10-22-50)48(67)58-38(43(62)56-37)25-31-28-54-35-16-6-4-14-33(31)35/h4-7,14-17,28-30,37-42,54-55H,1-3,8-13,18-27H2,(H,56,62)(H,57,64)(H,58,67)(H,59,63)(H4,51,52,53)/t30-,37+,38+,39+,40-,41-,42-/m1/s1. The highest BCUT2D eigenvalue weighted by Gasteiger charge is 2.52. The van der Waals surface area contributed by atoms with Gasteiger partial charge in [-0.05, 0) is 87.0 Å². The predicted octanol–water partition coefficient (Wildman–Crippen LogP) is 3.32. The summed E-state index contributed by atoms with van der Waals surface area (Å²) in [6, 6.07) is 10.3. The van der Waals surface area contributed by atoms with Crippen LogP contribution in [0.5, 0.6) is 0 Å². The number of fused-ring (bicyclic) bond motifs is 6. The molecule has 3 saturated heterocycles. The molecule has 2 aromatic carbocycles.